The van der Waals surface area contributed by atoms with E-state index in [1.165, 1.54) is 16.0 Å². The molecule has 1 amide bonds. The Kier molecular flexibility index (Phi) is 5.94. The molecule has 2 heterocycles. The van der Waals surface area contributed by atoms with E-state index in [1.54, 1.807) is 11.3 Å². The van der Waals surface area contributed by atoms with Gasteiger partial charge in [0.25, 0.3) is 5.91 Å². The summed E-state index contributed by atoms with van der Waals surface area (Å²) in [5, 5.41) is 0.784. The number of nitrogens with zero attached hydrogens (tertiary/aromatic N) is 2. The molecule has 1 N–H and O–H groups in total. The number of thiazole rings is 1. The van der Waals surface area contributed by atoms with E-state index >= 15 is 0 Å². The first-order chi connectivity index (χ1) is 14.0. The molecular weight excluding hydrogens is 382 g/mol. The monoisotopic (exact) mass is 410 g/mol. The van der Waals surface area contributed by atoms with Gasteiger partial charge in [0.2, 0.25) is 0 Å². The van der Waals surface area contributed by atoms with Gasteiger partial charge in [-0.3, -0.25) is 9.69 Å². The predicted octanol–water partition coefficient (Wildman–Crippen LogP) is 2.78. The van der Waals surface area contributed by atoms with Crippen molar-refractivity contribution in [2.75, 3.05) is 44.3 Å². The molecular formula is C23H28N3O2S+. The molecule has 0 aliphatic carbocycles. The SMILES string of the molecule is Cc1ccc(C(=O)N(CC[NH+]2CCOCC2)c2nc3cc(C)cc(C)c3s2)cc1. The number of amides is 1. The number of aromatic nitrogens is 1. The maximum Gasteiger partial charge on any atom is 0.260 e. The number of carbonyl (C=O) groups is 1. The van der Waals surface area contributed by atoms with Crippen LogP contribution in [0.4, 0.5) is 5.13 Å². The van der Waals surface area contributed by atoms with Crippen molar-refractivity contribution in [3.63, 3.8) is 0 Å². The van der Waals surface area contributed by atoms with Gasteiger partial charge in [-0.05, 0) is 50.1 Å². The van der Waals surface area contributed by atoms with Gasteiger partial charge in [0.1, 0.15) is 13.1 Å². The van der Waals surface area contributed by atoms with Crippen LogP contribution < -0.4 is 9.80 Å². The fourth-order valence-corrected chi connectivity index (χ4v) is 4.84. The first-order valence-corrected chi connectivity index (χ1v) is 11.0. The smallest absolute Gasteiger partial charge is 0.260 e. The molecule has 0 spiro atoms. The summed E-state index contributed by atoms with van der Waals surface area (Å²) >= 11 is 1.61. The van der Waals surface area contributed by atoms with E-state index in [0.717, 1.165) is 53.8 Å². The van der Waals surface area contributed by atoms with Gasteiger partial charge in [0.15, 0.2) is 5.13 Å². The number of anilines is 1. The molecule has 6 heteroatoms. The lowest BCUT2D eigenvalue weighted by Gasteiger charge is -2.27. The summed E-state index contributed by atoms with van der Waals surface area (Å²) in [6.07, 6.45) is 0. The van der Waals surface area contributed by atoms with Gasteiger partial charge in [-0.2, -0.15) is 0 Å². The van der Waals surface area contributed by atoms with Gasteiger partial charge in [-0.25, -0.2) is 4.98 Å². The lowest BCUT2D eigenvalue weighted by molar-refractivity contribution is -0.906. The van der Waals surface area contributed by atoms with Crippen LogP contribution in [0.15, 0.2) is 36.4 Å². The Balaban J connectivity index is 1.66. The third-order valence-corrected chi connectivity index (χ3v) is 6.70. The molecule has 3 aromatic rings. The van der Waals surface area contributed by atoms with E-state index in [1.807, 2.05) is 36.1 Å². The zero-order valence-electron chi connectivity index (χ0n) is 17.3. The number of aryl methyl sites for hydroxylation is 3. The third-order valence-electron chi connectivity index (χ3n) is 5.47. The van der Waals surface area contributed by atoms with Crippen molar-refractivity contribution in [1.82, 2.24) is 4.98 Å². The van der Waals surface area contributed by atoms with Crippen molar-refractivity contribution in [3.05, 3.63) is 58.7 Å². The van der Waals surface area contributed by atoms with E-state index in [2.05, 4.69) is 26.0 Å². The van der Waals surface area contributed by atoms with Gasteiger partial charge < -0.3 is 9.64 Å². The lowest BCUT2D eigenvalue weighted by atomic mass is 10.1. The van der Waals surface area contributed by atoms with Crippen molar-refractivity contribution in [1.29, 1.82) is 0 Å². The highest BCUT2D eigenvalue weighted by Gasteiger charge is 2.24. The van der Waals surface area contributed by atoms with E-state index in [9.17, 15) is 4.79 Å². The summed E-state index contributed by atoms with van der Waals surface area (Å²) in [6.45, 7) is 11.3. The van der Waals surface area contributed by atoms with Crippen molar-refractivity contribution in [2.24, 2.45) is 0 Å². The Hall–Kier alpha value is -2.28. The van der Waals surface area contributed by atoms with Crippen molar-refractivity contribution in [3.8, 4) is 0 Å². The highest BCUT2D eigenvalue weighted by molar-refractivity contribution is 7.22. The van der Waals surface area contributed by atoms with Gasteiger partial charge in [-0.15, -0.1) is 0 Å². The normalized spacial score (nSPS) is 15.0. The molecule has 5 nitrogen and oxygen atoms in total. The van der Waals surface area contributed by atoms with Crippen LogP contribution in [0, 0.1) is 20.8 Å². The summed E-state index contributed by atoms with van der Waals surface area (Å²) in [7, 11) is 0. The van der Waals surface area contributed by atoms with E-state index < -0.39 is 0 Å². The Morgan fingerprint density at radius 1 is 1.10 bits per heavy atom. The van der Waals surface area contributed by atoms with Crippen molar-refractivity contribution in [2.45, 2.75) is 20.8 Å². The molecule has 0 radical (unpaired) electrons. The highest BCUT2D eigenvalue weighted by atomic mass is 32.1. The van der Waals surface area contributed by atoms with Crippen LogP contribution in [0.1, 0.15) is 27.0 Å². The molecule has 1 aliphatic heterocycles. The predicted molar refractivity (Wildman–Crippen MR) is 118 cm³/mol. The molecule has 1 fully saturated rings. The largest absolute Gasteiger partial charge is 0.370 e. The summed E-state index contributed by atoms with van der Waals surface area (Å²) < 4.78 is 6.63. The number of nitrogens with one attached hydrogen (secondary N) is 1. The quantitative estimate of drug-likeness (QED) is 0.704. The van der Waals surface area contributed by atoms with Crippen molar-refractivity contribution < 1.29 is 14.4 Å². The Labute approximate surface area is 175 Å². The van der Waals surface area contributed by atoms with Gasteiger partial charge >= 0.3 is 0 Å². The zero-order valence-corrected chi connectivity index (χ0v) is 18.1. The van der Waals surface area contributed by atoms with Gasteiger partial charge in [-0.1, -0.05) is 35.1 Å². The number of carbonyl (C=O) groups excluding carboxylic acids is 1. The number of hydrogen-bond acceptors (Lipinski definition) is 4. The molecule has 1 aliphatic rings. The summed E-state index contributed by atoms with van der Waals surface area (Å²) in [4.78, 5) is 21.6. The summed E-state index contributed by atoms with van der Waals surface area (Å²) in [5.74, 6) is 0.0195. The van der Waals surface area contributed by atoms with E-state index in [4.69, 9.17) is 9.72 Å². The van der Waals surface area contributed by atoms with Crippen LogP contribution >= 0.6 is 11.3 Å². The first kappa shape index (κ1) is 20.0. The van der Waals surface area contributed by atoms with E-state index in [0.29, 0.717) is 12.1 Å². The van der Waals surface area contributed by atoms with Crippen LogP contribution in [0.25, 0.3) is 10.2 Å². The molecule has 4 rings (SSSR count). The minimum absolute atomic E-state index is 0.0195. The maximum absolute atomic E-state index is 13.4. The maximum atomic E-state index is 13.4. The molecule has 1 saturated heterocycles. The number of quaternary nitrogens is 1. The van der Waals surface area contributed by atoms with Gasteiger partial charge in [0, 0.05) is 5.56 Å². The molecule has 152 valence electrons. The minimum Gasteiger partial charge on any atom is -0.370 e. The fraction of sp³-hybridized carbons (Fsp3) is 0.391. The minimum atomic E-state index is 0.0195. The molecule has 0 saturated carbocycles. The second-order valence-corrected chi connectivity index (χ2v) is 8.84. The lowest BCUT2D eigenvalue weighted by Crippen LogP contribution is -3.14. The van der Waals surface area contributed by atoms with Crippen LogP contribution in [0.2, 0.25) is 0 Å². The van der Waals surface area contributed by atoms with E-state index in [-0.39, 0.29) is 5.91 Å². The second kappa shape index (κ2) is 8.61. The Bertz CT molecular complexity index is 1010. The van der Waals surface area contributed by atoms with Crippen LogP contribution in [-0.4, -0.2) is 50.3 Å². The topological polar surface area (TPSA) is 46.9 Å². The Morgan fingerprint density at radius 3 is 2.55 bits per heavy atom. The Morgan fingerprint density at radius 2 is 1.83 bits per heavy atom. The number of rotatable bonds is 5. The standard InChI is InChI=1S/C23H27N3O2S/c1-16-4-6-19(7-5-16)22(27)26(9-8-25-10-12-28-13-11-25)23-24-20-15-17(2)14-18(3)21(20)29-23/h4-7,14-15H,8-13H2,1-3H3/p+1. The van der Waals surface area contributed by atoms with Crippen molar-refractivity contribution >= 4 is 32.6 Å². The molecule has 2 aromatic carbocycles. The average molecular weight is 411 g/mol. The summed E-state index contributed by atoms with van der Waals surface area (Å²) in [6, 6.07) is 12.1. The van der Waals surface area contributed by atoms with Gasteiger partial charge in [0.05, 0.1) is 36.5 Å². The number of fused-ring (bicyclic) bond motifs is 1. The molecule has 1 aromatic heterocycles. The van der Waals surface area contributed by atoms with Crippen LogP contribution in [0.3, 0.4) is 0 Å². The molecule has 0 bridgehead atoms. The zero-order chi connectivity index (χ0) is 20.4. The third kappa shape index (κ3) is 4.50. The first-order valence-electron chi connectivity index (χ1n) is 10.2. The fourth-order valence-electron chi connectivity index (χ4n) is 3.80. The van der Waals surface area contributed by atoms with Crippen LogP contribution in [0.5, 0.6) is 0 Å². The number of ether oxygens (including phenoxy) is 1. The van der Waals surface area contributed by atoms with Crippen LogP contribution in [-0.2, 0) is 4.74 Å². The number of hydrogen-bond donors (Lipinski definition) is 1. The molecule has 0 atom stereocenters. The molecule has 0 unspecified atom stereocenters. The highest BCUT2D eigenvalue weighted by Crippen LogP contribution is 2.32. The average Bonchev–Trinajstić information content (AvgIpc) is 3.13. The summed E-state index contributed by atoms with van der Waals surface area (Å²) in [5.41, 5.74) is 5.24. The number of morpholine rings is 1. The molecule has 29 heavy (non-hydrogen) atoms. The second-order valence-electron chi connectivity index (χ2n) is 7.86. The number of benzene rings is 2.